The minimum absolute atomic E-state index is 0.0539. The number of H-pyrrole nitrogens is 1. The Morgan fingerprint density at radius 1 is 1.36 bits per heavy atom. The summed E-state index contributed by atoms with van der Waals surface area (Å²) in [5.74, 6) is 0. The number of benzene rings is 1. The predicted molar refractivity (Wildman–Crippen MR) is 85.6 cm³/mol. The summed E-state index contributed by atoms with van der Waals surface area (Å²) < 4.78 is 1.78. The first-order chi connectivity index (χ1) is 10.6. The first-order valence-corrected chi connectivity index (χ1v) is 7.30. The molecule has 6 heteroatoms. The van der Waals surface area contributed by atoms with Crippen molar-refractivity contribution < 1.29 is 0 Å². The molecule has 0 radical (unpaired) electrons. The molecule has 22 heavy (non-hydrogen) atoms. The Morgan fingerprint density at radius 3 is 3.00 bits per heavy atom. The van der Waals surface area contributed by atoms with Gasteiger partial charge >= 0.3 is 0 Å². The van der Waals surface area contributed by atoms with Crippen LogP contribution in [-0.2, 0) is 13.1 Å². The molecule has 2 aromatic heterocycles. The van der Waals surface area contributed by atoms with Crippen LogP contribution in [0.4, 0.5) is 0 Å². The fourth-order valence-corrected chi connectivity index (χ4v) is 2.47. The first kappa shape index (κ1) is 14.5. The third-order valence-electron chi connectivity index (χ3n) is 3.61. The maximum Gasteiger partial charge on any atom is 0.189 e. The van der Waals surface area contributed by atoms with Gasteiger partial charge in [-0.25, -0.2) is 4.98 Å². The monoisotopic (exact) mass is 297 g/mol. The highest BCUT2D eigenvalue weighted by atomic mass is 16.1. The SMILES string of the molecule is Cc1ccc2[nH]c(CN[C@@H](C)Cn3cncn3)cc(=O)c2c1. The number of aromatic nitrogens is 4. The maximum absolute atomic E-state index is 12.2. The van der Waals surface area contributed by atoms with Crippen LogP contribution in [0.5, 0.6) is 0 Å². The van der Waals surface area contributed by atoms with E-state index in [9.17, 15) is 4.79 Å². The molecular formula is C16H19N5O. The smallest absolute Gasteiger partial charge is 0.189 e. The topological polar surface area (TPSA) is 75.6 Å². The van der Waals surface area contributed by atoms with Gasteiger partial charge in [-0.1, -0.05) is 11.6 Å². The molecule has 0 aliphatic carbocycles. The summed E-state index contributed by atoms with van der Waals surface area (Å²) in [6, 6.07) is 7.76. The molecule has 114 valence electrons. The summed E-state index contributed by atoms with van der Waals surface area (Å²) in [5, 5.41) is 8.20. The standard InChI is InChI=1S/C16H19N5O/c1-11-3-4-15-14(5-11)16(22)6-13(20-15)7-18-12(2)8-21-10-17-9-19-21/h3-6,9-10,12,18H,7-8H2,1-2H3,(H,20,22)/t12-/m0/s1. The maximum atomic E-state index is 12.2. The molecule has 1 atom stereocenters. The van der Waals surface area contributed by atoms with Gasteiger partial charge in [0.2, 0.25) is 0 Å². The summed E-state index contributed by atoms with van der Waals surface area (Å²) >= 11 is 0. The molecule has 2 heterocycles. The number of nitrogens with zero attached hydrogens (tertiary/aromatic N) is 3. The van der Waals surface area contributed by atoms with Crippen molar-refractivity contribution in [2.24, 2.45) is 0 Å². The van der Waals surface area contributed by atoms with Gasteiger partial charge < -0.3 is 10.3 Å². The second-order valence-electron chi connectivity index (χ2n) is 5.61. The van der Waals surface area contributed by atoms with Crippen LogP contribution in [0.2, 0.25) is 0 Å². The molecule has 0 bridgehead atoms. The van der Waals surface area contributed by atoms with Crippen molar-refractivity contribution in [1.82, 2.24) is 25.1 Å². The van der Waals surface area contributed by atoms with Crippen LogP contribution in [0.25, 0.3) is 10.9 Å². The zero-order chi connectivity index (χ0) is 15.5. The van der Waals surface area contributed by atoms with Gasteiger partial charge in [0, 0.05) is 35.2 Å². The van der Waals surface area contributed by atoms with Crippen LogP contribution >= 0.6 is 0 Å². The summed E-state index contributed by atoms with van der Waals surface area (Å²) in [5.41, 5.74) is 2.90. The van der Waals surface area contributed by atoms with Crippen molar-refractivity contribution in [3.63, 3.8) is 0 Å². The summed E-state index contributed by atoms with van der Waals surface area (Å²) in [6.45, 7) is 5.40. The van der Waals surface area contributed by atoms with Gasteiger partial charge in [0.15, 0.2) is 5.43 Å². The van der Waals surface area contributed by atoms with Gasteiger partial charge in [-0.2, -0.15) is 5.10 Å². The van der Waals surface area contributed by atoms with Crippen molar-refractivity contribution in [2.75, 3.05) is 0 Å². The zero-order valence-electron chi connectivity index (χ0n) is 12.7. The number of aryl methyl sites for hydroxylation is 1. The lowest BCUT2D eigenvalue weighted by Gasteiger charge is -2.14. The third kappa shape index (κ3) is 3.23. The highest BCUT2D eigenvalue weighted by Gasteiger charge is 2.06. The summed E-state index contributed by atoms with van der Waals surface area (Å²) in [6.07, 6.45) is 3.22. The number of nitrogens with one attached hydrogen (secondary N) is 2. The van der Waals surface area contributed by atoms with E-state index < -0.39 is 0 Å². The molecule has 0 aliphatic heterocycles. The zero-order valence-corrected chi connectivity index (χ0v) is 12.7. The van der Waals surface area contributed by atoms with Gasteiger partial charge in [-0.15, -0.1) is 0 Å². The molecule has 3 aromatic rings. The molecular weight excluding hydrogens is 278 g/mol. The van der Waals surface area contributed by atoms with E-state index in [1.165, 1.54) is 6.33 Å². The van der Waals surface area contributed by atoms with Gasteiger partial charge in [-0.05, 0) is 26.0 Å². The van der Waals surface area contributed by atoms with Crippen molar-refractivity contribution >= 4 is 10.9 Å². The van der Waals surface area contributed by atoms with Crippen molar-refractivity contribution in [3.05, 3.63) is 58.4 Å². The Balaban J connectivity index is 1.71. The highest BCUT2D eigenvalue weighted by Crippen LogP contribution is 2.10. The third-order valence-corrected chi connectivity index (χ3v) is 3.61. The van der Waals surface area contributed by atoms with E-state index in [0.29, 0.717) is 6.54 Å². The molecule has 0 amide bonds. The van der Waals surface area contributed by atoms with Crippen molar-refractivity contribution in [2.45, 2.75) is 33.0 Å². The van der Waals surface area contributed by atoms with Gasteiger partial charge in [0.25, 0.3) is 0 Å². The molecule has 1 aromatic carbocycles. The fraction of sp³-hybridized carbons (Fsp3) is 0.312. The summed E-state index contributed by atoms with van der Waals surface area (Å²) in [4.78, 5) is 19.4. The minimum Gasteiger partial charge on any atom is -0.357 e. The van der Waals surface area contributed by atoms with E-state index in [1.54, 1.807) is 17.1 Å². The lowest BCUT2D eigenvalue weighted by molar-refractivity contribution is 0.448. The van der Waals surface area contributed by atoms with Gasteiger partial charge in [0.1, 0.15) is 12.7 Å². The van der Waals surface area contributed by atoms with Gasteiger partial charge in [-0.3, -0.25) is 9.48 Å². The van der Waals surface area contributed by atoms with E-state index >= 15 is 0 Å². The number of hydrogen-bond donors (Lipinski definition) is 2. The lowest BCUT2D eigenvalue weighted by atomic mass is 10.1. The van der Waals surface area contributed by atoms with Crippen LogP contribution in [0, 0.1) is 6.92 Å². The Hall–Kier alpha value is -2.47. The van der Waals surface area contributed by atoms with E-state index in [0.717, 1.165) is 28.7 Å². The largest absolute Gasteiger partial charge is 0.357 e. The number of hydrogen-bond acceptors (Lipinski definition) is 4. The van der Waals surface area contributed by atoms with Crippen LogP contribution in [0.1, 0.15) is 18.2 Å². The Kier molecular flexibility index (Phi) is 4.02. The highest BCUT2D eigenvalue weighted by molar-refractivity contribution is 5.79. The first-order valence-electron chi connectivity index (χ1n) is 7.30. The molecule has 0 unspecified atom stereocenters. The van der Waals surface area contributed by atoms with Crippen molar-refractivity contribution in [1.29, 1.82) is 0 Å². The number of pyridine rings is 1. The number of rotatable bonds is 5. The lowest BCUT2D eigenvalue weighted by Crippen LogP contribution is -2.30. The van der Waals surface area contributed by atoms with E-state index in [-0.39, 0.29) is 11.5 Å². The second-order valence-corrected chi connectivity index (χ2v) is 5.61. The van der Waals surface area contributed by atoms with E-state index in [1.807, 2.05) is 25.1 Å². The Morgan fingerprint density at radius 2 is 2.23 bits per heavy atom. The van der Waals surface area contributed by atoms with E-state index in [2.05, 4.69) is 27.3 Å². The normalized spacial score (nSPS) is 12.6. The van der Waals surface area contributed by atoms with Crippen LogP contribution in [0.15, 0.2) is 41.7 Å². The summed E-state index contributed by atoms with van der Waals surface area (Å²) in [7, 11) is 0. The average molecular weight is 297 g/mol. The fourth-order valence-electron chi connectivity index (χ4n) is 2.47. The molecule has 0 spiro atoms. The quantitative estimate of drug-likeness (QED) is 0.750. The molecule has 0 fully saturated rings. The van der Waals surface area contributed by atoms with Crippen molar-refractivity contribution in [3.8, 4) is 0 Å². The number of aromatic amines is 1. The van der Waals surface area contributed by atoms with Crippen LogP contribution < -0.4 is 10.7 Å². The molecule has 0 saturated heterocycles. The minimum atomic E-state index is 0.0539. The Bertz CT molecular complexity index is 822. The van der Waals surface area contributed by atoms with Crippen LogP contribution in [-0.4, -0.2) is 25.8 Å². The molecule has 2 N–H and O–H groups in total. The predicted octanol–water partition coefficient (Wildman–Crippen LogP) is 1.61. The van der Waals surface area contributed by atoms with E-state index in [4.69, 9.17) is 0 Å². The van der Waals surface area contributed by atoms with Crippen LogP contribution in [0.3, 0.4) is 0 Å². The molecule has 0 saturated carbocycles. The Labute approximate surface area is 128 Å². The molecule has 6 nitrogen and oxygen atoms in total. The number of fused-ring (bicyclic) bond motifs is 1. The van der Waals surface area contributed by atoms with Gasteiger partial charge in [0.05, 0.1) is 6.54 Å². The average Bonchev–Trinajstić information content (AvgIpc) is 2.99. The molecule has 3 rings (SSSR count). The second kappa shape index (κ2) is 6.11. The molecule has 0 aliphatic rings.